The number of nitrogen functional groups attached to an aromatic ring is 1. The Labute approximate surface area is 99.9 Å². The fourth-order valence-electron chi connectivity index (χ4n) is 1.39. The maximum absolute atomic E-state index is 5.64. The standard InChI is InChI=1S/C13H14N2S/c1-10-3-2-8-15-13(10)9-16-12-6-4-11(14)5-7-12/h2-8H,9,14H2,1H3. The fraction of sp³-hybridized carbons (Fsp3) is 0.154. The molecule has 0 amide bonds. The molecule has 0 aliphatic rings. The zero-order valence-electron chi connectivity index (χ0n) is 9.18. The zero-order valence-corrected chi connectivity index (χ0v) is 10.00. The minimum Gasteiger partial charge on any atom is -0.399 e. The molecule has 2 nitrogen and oxygen atoms in total. The summed E-state index contributed by atoms with van der Waals surface area (Å²) in [5, 5.41) is 0. The van der Waals surface area contributed by atoms with E-state index in [4.69, 9.17) is 5.73 Å². The van der Waals surface area contributed by atoms with Crippen molar-refractivity contribution in [2.45, 2.75) is 17.6 Å². The van der Waals surface area contributed by atoms with Crippen LogP contribution in [0.5, 0.6) is 0 Å². The first-order valence-electron chi connectivity index (χ1n) is 5.14. The summed E-state index contributed by atoms with van der Waals surface area (Å²) >= 11 is 1.78. The quantitative estimate of drug-likeness (QED) is 0.649. The van der Waals surface area contributed by atoms with Crippen LogP contribution < -0.4 is 5.73 Å². The first-order chi connectivity index (χ1) is 7.75. The van der Waals surface area contributed by atoms with Crippen molar-refractivity contribution < 1.29 is 0 Å². The van der Waals surface area contributed by atoms with Gasteiger partial charge in [-0.1, -0.05) is 6.07 Å². The van der Waals surface area contributed by atoms with Crippen molar-refractivity contribution in [2.24, 2.45) is 0 Å². The highest BCUT2D eigenvalue weighted by molar-refractivity contribution is 7.98. The molecule has 3 heteroatoms. The molecular weight excluding hydrogens is 216 g/mol. The zero-order chi connectivity index (χ0) is 11.4. The summed E-state index contributed by atoms with van der Waals surface area (Å²) in [5.74, 6) is 0.899. The molecular formula is C13H14N2S. The van der Waals surface area contributed by atoms with Crippen LogP contribution in [0.3, 0.4) is 0 Å². The van der Waals surface area contributed by atoms with Gasteiger partial charge in [-0.3, -0.25) is 4.98 Å². The fourth-order valence-corrected chi connectivity index (χ4v) is 2.32. The third-order valence-electron chi connectivity index (χ3n) is 2.37. The summed E-state index contributed by atoms with van der Waals surface area (Å²) in [6, 6.07) is 12.0. The van der Waals surface area contributed by atoms with Gasteiger partial charge in [0, 0.05) is 22.5 Å². The van der Waals surface area contributed by atoms with Gasteiger partial charge in [-0.15, -0.1) is 11.8 Å². The third-order valence-corrected chi connectivity index (χ3v) is 3.40. The number of hydrogen-bond donors (Lipinski definition) is 1. The molecule has 0 unspecified atom stereocenters. The highest BCUT2D eigenvalue weighted by atomic mass is 32.2. The average molecular weight is 230 g/mol. The molecule has 0 saturated heterocycles. The number of pyridine rings is 1. The van der Waals surface area contributed by atoms with Crippen LogP contribution in [0.15, 0.2) is 47.5 Å². The van der Waals surface area contributed by atoms with Crippen LogP contribution in [0.25, 0.3) is 0 Å². The summed E-state index contributed by atoms with van der Waals surface area (Å²) in [6.45, 7) is 2.09. The van der Waals surface area contributed by atoms with Gasteiger partial charge >= 0.3 is 0 Å². The van der Waals surface area contributed by atoms with Crippen molar-refractivity contribution >= 4 is 17.4 Å². The lowest BCUT2D eigenvalue weighted by Gasteiger charge is -2.04. The molecule has 1 aromatic carbocycles. The Balaban J connectivity index is 2.02. The second-order valence-corrected chi connectivity index (χ2v) is 4.67. The lowest BCUT2D eigenvalue weighted by atomic mass is 10.2. The first-order valence-corrected chi connectivity index (χ1v) is 6.13. The van der Waals surface area contributed by atoms with E-state index in [0.717, 1.165) is 17.1 Å². The number of rotatable bonds is 3. The normalized spacial score (nSPS) is 10.3. The molecule has 2 N–H and O–H groups in total. The largest absolute Gasteiger partial charge is 0.399 e. The molecule has 0 saturated carbocycles. The highest BCUT2D eigenvalue weighted by Gasteiger charge is 2.00. The topological polar surface area (TPSA) is 38.9 Å². The minimum absolute atomic E-state index is 0.804. The summed E-state index contributed by atoms with van der Waals surface area (Å²) in [7, 11) is 0. The Hall–Kier alpha value is -1.48. The molecule has 16 heavy (non-hydrogen) atoms. The summed E-state index contributed by atoms with van der Waals surface area (Å²) in [5.41, 5.74) is 8.82. The van der Waals surface area contributed by atoms with Crippen molar-refractivity contribution in [2.75, 3.05) is 5.73 Å². The van der Waals surface area contributed by atoms with Crippen LogP contribution in [-0.4, -0.2) is 4.98 Å². The number of benzene rings is 1. The van der Waals surface area contributed by atoms with Gasteiger partial charge < -0.3 is 5.73 Å². The van der Waals surface area contributed by atoms with Crippen LogP contribution in [0.2, 0.25) is 0 Å². The molecule has 2 rings (SSSR count). The second-order valence-electron chi connectivity index (χ2n) is 3.62. The van der Waals surface area contributed by atoms with Crippen molar-refractivity contribution in [3.8, 4) is 0 Å². The van der Waals surface area contributed by atoms with Gasteiger partial charge in [0.2, 0.25) is 0 Å². The number of hydrogen-bond acceptors (Lipinski definition) is 3. The molecule has 82 valence electrons. The molecule has 1 heterocycles. The molecule has 0 spiro atoms. The van der Waals surface area contributed by atoms with E-state index >= 15 is 0 Å². The average Bonchev–Trinajstić information content (AvgIpc) is 2.30. The van der Waals surface area contributed by atoms with Crippen LogP contribution in [-0.2, 0) is 5.75 Å². The van der Waals surface area contributed by atoms with Gasteiger partial charge in [0.15, 0.2) is 0 Å². The van der Waals surface area contributed by atoms with E-state index in [2.05, 4.69) is 18.0 Å². The maximum atomic E-state index is 5.64. The van der Waals surface area contributed by atoms with E-state index in [1.54, 1.807) is 11.8 Å². The summed E-state index contributed by atoms with van der Waals surface area (Å²) in [6.07, 6.45) is 1.84. The van der Waals surface area contributed by atoms with E-state index in [1.165, 1.54) is 10.5 Å². The van der Waals surface area contributed by atoms with Gasteiger partial charge in [0.05, 0.1) is 5.69 Å². The van der Waals surface area contributed by atoms with Crippen LogP contribution in [0, 0.1) is 6.92 Å². The van der Waals surface area contributed by atoms with E-state index in [9.17, 15) is 0 Å². The lowest BCUT2D eigenvalue weighted by Crippen LogP contribution is -1.90. The summed E-state index contributed by atoms with van der Waals surface area (Å²) < 4.78 is 0. The van der Waals surface area contributed by atoms with Crippen LogP contribution in [0.1, 0.15) is 11.3 Å². The van der Waals surface area contributed by atoms with E-state index in [0.29, 0.717) is 0 Å². The first kappa shape index (κ1) is 11.0. The van der Waals surface area contributed by atoms with Gasteiger partial charge in [-0.25, -0.2) is 0 Å². The predicted octanol–water partition coefficient (Wildman–Crippen LogP) is 3.26. The number of thioether (sulfide) groups is 1. The smallest absolute Gasteiger partial charge is 0.0535 e. The maximum Gasteiger partial charge on any atom is 0.0535 e. The Bertz CT molecular complexity index is 466. The predicted molar refractivity (Wildman–Crippen MR) is 69.4 cm³/mol. The van der Waals surface area contributed by atoms with Gasteiger partial charge in [0.25, 0.3) is 0 Å². The van der Waals surface area contributed by atoms with Crippen molar-refractivity contribution in [3.05, 3.63) is 53.9 Å². The SMILES string of the molecule is Cc1cccnc1CSc1ccc(N)cc1. The number of anilines is 1. The number of aryl methyl sites for hydroxylation is 1. The number of aromatic nitrogens is 1. The second kappa shape index (κ2) is 5.03. The van der Waals surface area contributed by atoms with E-state index < -0.39 is 0 Å². The van der Waals surface area contributed by atoms with E-state index in [-0.39, 0.29) is 0 Å². The molecule has 0 aliphatic heterocycles. The highest BCUT2D eigenvalue weighted by Crippen LogP contribution is 2.23. The van der Waals surface area contributed by atoms with Gasteiger partial charge in [0.1, 0.15) is 0 Å². The third kappa shape index (κ3) is 2.76. The number of nitrogens with two attached hydrogens (primary N) is 1. The molecule has 1 aromatic heterocycles. The van der Waals surface area contributed by atoms with Gasteiger partial charge in [-0.05, 0) is 42.8 Å². The molecule has 0 radical (unpaired) electrons. The Kier molecular flexibility index (Phi) is 3.47. The molecule has 0 aliphatic carbocycles. The van der Waals surface area contributed by atoms with Crippen molar-refractivity contribution in [1.82, 2.24) is 4.98 Å². The Morgan fingerprint density at radius 2 is 1.94 bits per heavy atom. The molecule has 0 atom stereocenters. The Morgan fingerprint density at radius 1 is 1.19 bits per heavy atom. The van der Waals surface area contributed by atoms with Gasteiger partial charge in [-0.2, -0.15) is 0 Å². The number of nitrogens with zero attached hydrogens (tertiary/aromatic N) is 1. The minimum atomic E-state index is 0.804. The molecule has 2 aromatic rings. The van der Waals surface area contributed by atoms with E-state index in [1.807, 2.05) is 36.5 Å². The lowest BCUT2D eigenvalue weighted by molar-refractivity contribution is 1.13. The Morgan fingerprint density at radius 3 is 2.62 bits per heavy atom. The molecule has 0 bridgehead atoms. The summed E-state index contributed by atoms with van der Waals surface area (Å²) in [4.78, 5) is 5.59. The van der Waals surface area contributed by atoms with Crippen molar-refractivity contribution in [1.29, 1.82) is 0 Å². The van der Waals surface area contributed by atoms with Crippen molar-refractivity contribution in [3.63, 3.8) is 0 Å². The van der Waals surface area contributed by atoms with Crippen LogP contribution in [0.4, 0.5) is 5.69 Å². The molecule has 0 fully saturated rings. The van der Waals surface area contributed by atoms with Crippen LogP contribution >= 0.6 is 11.8 Å². The monoisotopic (exact) mass is 230 g/mol.